The van der Waals surface area contributed by atoms with Crippen molar-refractivity contribution in [2.24, 2.45) is 5.92 Å². The third-order valence-corrected chi connectivity index (χ3v) is 4.70. The van der Waals surface area contributed by atoms with Gasteiger partial charge < -0.3 is 9.84 Å². The Balaban J connectivity index is 3.51. The quantitative estimate of drug-likeness (QED) is 0.244. The van der Waals surface area contributed by atoms with E-state index in [2.05, 4.69) is 13.8 Å². The van der Waals surface area contributed by atoms with Gasteiger partial charge in [0.25, 0.3) is 0 Å². The SMILES string of the molecule is CCCCCCCCCCOC(=O)C(CO)CCCCCCCC. The maximum absolute atomic E-state index is 12.0. The number of aliphatic hydroxyl groups excluding tert-OH is 1. The highest BCUT2D eigenvalue weighted by molar-refractivity contribution is 5.72. The molecular formula is C21H42O3. The zero-order chi connectivity index (χ0) is 17.9. The van der Waals surface area contributed by atoms with Gasteiger partial charge in [0.15, 0.2) is 0 Å². The van der Waals surface area contributed by atoms with E-state index in [0.717, 1.165) is 32.1 Å². The number of carbonyl (C=O) groups excluding carboxylic acids is 1. The number of hydrogen-bond donors (Lipinski definition) is 1. The van der Waals surface area contributed by atoms with Gasteiger partial charge in [0, 0.05) is 0 Å². The van der Waals surface area contributed by atoms with Crippen LogP contribution < -0.4 is 0 Å². The molecule has 0 aromatic heterocycles. The van der Waals surface area contributed by atoms with E-state index < -0.39 is 0 Å². The van der Waals surface area contributed by atoms with E-state index in [1.165, 1.54) is 64.2 Å². The standard InChI is InChI=1S/C21H42O3/c1-3-5-7-9-11-12-14-16-18-24-21(23)20(19-22)17-15-13-10-8-6-4-2/h20,22H,3-19H2,1-2H3. The first-order chi connectivity index (χ1) is 11.8. The van der Waals surface area contributed by atoms with Crippen molar-refractivity contribution in [2.75, 3.05) is 13.2 Å². The fourth-order valence-corrected chi connectivity index (χ4v) is 2.98. The molecule has 1 unspecified atom stereocenters. The van der Waals surface area contributed by atoms with Crippen molar-refractivity contribution in [3.05, 3.63) is 0 Å². The first kappa shape index (κ1) is 23.4. The second-order valence-corrected chi connectivity index (χ2v) is 7.08. The van der Waals surface area contributed by atoms with Crippen molar-refractivity contribution >= 4 is 5.97 Å². The number of esters is 1. The van der Waals surface area contributed by atoms with Gasteiger partial charge in [-0.2, -0.15) is 0 Å². The first-order valence-electron chi connectivity index (χ1n) is 10.5. The molecule has 1 atom stereocenters. The summed E-state index contributed by atoms with van der Waals surface area (Å²) in [6.45, 7) is 4.89. The number of unbranched alkanes of at least 4 members (excludes halogenated alkanes) is 12. The molecule has 0 aliphatic heterocycles. The minimum atomic E-state index is -0.315. The van der Waals surface area contributed by atoms with Crippen LogP contribution in [0.1, 0.15) is 110 Å². The Labute approximate surface area is 150 Å². The van der Waals surface area contributed by atoms with Gasteiger partial charge in [-0.05, 0) is 12.8 Å². The summed E-state index contributed by atoms with van der Waals surface area (Å²) in [6.07, 6.45) is 17.9. The van der Waals surface area contributed by atoms with Crippen LogP contribution in [0.3, 0.4) is 0 Å². The predicted octanol–water partition coefficient (Wildman–Crippen LogP) is 6.03. The van der Waals surface area contributed by atoms with Crippen molar-refractivity contribution in [3.8, 4) is 0 Å². The van der Waals surface area contributed by atoms with Gasteiger partial charge in [-0.1, -0.05) is 97.3 Å². The van der Waals surface area contributed by atoms with Crippen molar-refractivity contribution in [2.45, 2.75) is 110 Å². The van der Waals surface area contributed by atoms with Crippen LogP contribution in [-0.4, -0.2) is 24.3 Å². The molecule has 0 saturated heterocycles. The smallest absolute Gasteiger partial charge is 0.311 e. The molecule has 144 valence electrons. The monoisotopic (exact) mass is 342 g/mol. The maximum atomic E-state index is 12.0. The minimum absolute atomic E-state index is 0.0782. The molecule has 0 amide bonds. The van der Waals surface area contributed by atoms with Crippen LogP contribution in [0.15, 0.2) is 0 Å². The Morgan fingerprint density at radius 3 is 1.71 bits per heavy atom. The van der Waals surface area contributed by atoms with E-state index in [9.17, 15) is 9.90 Å². The van der Waals surface area contributed by atoms with Crippen LogP contribution in [0.5, 0.6) is 0 Å². The molecule has 0 aliphatic carbocycles. The van der Waals surface area contributed by atoms with Crippen molar-refractivity contribution < 1.29 is 14.6 Å². The maximum Gasteiger partial charge on any atom is 0.311 e. The number of hydrogen-bond acceptors (Lipinski definition) is 3. The fourth-order valence-electron chi connectivity index (χ4n) is 2.98. The van der Waals surface area contributed by atoms with Crippen molar-refractivity contribution in [1.82, 2.24) is 0 Å². The molecule has 1 N–H and O–H groups in total. The number of carbonyl (C=O) groups is 1. The lowest BCUT2D eigenvalue weighted by atomic mass is 10.0. The lowest BCUT2D eigenvalue weighted by Crippen LogP contribution is -2.21. The fraction of sp³-hybridized carbons (Fsp3) is 0.952. The van der Waals surface area contributed by atoms with Gasteiger partial charge >= 0.3 is 5.97 Å². The Morgan fingerprint density at radius 1 is 0.750 bits per heavy atom. The van der Waals surface area contributed by atoms with E-state index in [0.29, 0.717) is 6.61 Å². The topological polar surface area (TPSA) is 46.5 Å². The van der Waals surface area contributed by atoms with E-state index in [1.54, 1.807) is 0 Å². The van der Waals surface area contributed by atoms with Crippen LogP contribution in [0, 0.1) is 5.92 Å². The zero-order valence-corrected chi connectivity index (χ0v) is 16.4. The van der Waals surface area contributed by atoms with Crippen LogP contribution in [0.2, 0.25) is 0 Å². The molecular weight excluding hydrogens is 300 g/mol. The van der Waals surface area contributed by atoms with Gasteiger partial charge in [-0.3, -0.25) is 4.79 Å². The van der Waals surface area contributed by atoms with Crippen LogP contribution in [0.25, 0.3) is 0 Å². The van der Waals surface area contributed by atoms with Gasteiger partial charge in [0.05, 0.1) is 19.1 Å². The summed E-state index contributed by atoms with van der Waals surface area (Å²) in [6, 6.07) is 0. The Morgan fingerprint density at radius 2 is 1.21 bits per heavy atom. The predicted molar refractivity (Wildman–Crippen MR) is 102 cm³/mol. The lowest BCUT2D eigenvalue weighted by Gasteiger charge is -2.13. The first-order valence-corrected chi connectivity index (χ1v) is 10.5. The average molecular weight is 343 g/mol. The summed E-state index contributed by atoms with van der Waals surface area (Å²) in [5, 5.41) is 9.38. The molecule has 24 heavy (non-hydrogen) atoms. The zero-order valence-electron chi connectivity index (χ0n) is 16.4. The van der Waals surface area contributed by atoms with Crippen LogP contribution in [0.4, 0.5) is 0 Å². The second kappa shape index (κ2) is 18.8. The second-order valence-electron chi connectivity index (χ2n) is 7.08. The van der Waals surface area contributed by atoms with Crippen molar-refractivity contribution in [1.29, 1.82) is 0 Å². The number of ether oxygens (including phenoxy) is 1. The largest absolute Gasteiger partial charge is 0.465 e. The van der Waals surface area contributed by atoms with E-state index in [4.69, 9.17) is 4.74 Å². The van der Waals surface area contributed by atoms with E-state index in [1.807, 2.05) is 0 Å². The summed E-state index contributed by atoms with van der Waals surface area (Å²) >= 11 is 0. The summed E-state index contributed by atoms with van der Waals surface area (Å²) in [4.78, 5) is 12.0. The van der Waals surface area contributed by atoms with Gasteiger partial charge in [0.2, 0.25) is 0 Å². The molecule has 0 saturated carbocycles. The third kappa shape index (κ3) is 15.0. The number of rotatable bonds is 18. The normalized spacial score (nSPS) is 12.3. The third-order valence-electron chi connectivity index (χ3n) is 4.70. The van der Waals surface area contributed by atoms with Crippen molar-refractivity contribution in [3.63, 3.8) is 0 Å². The Hall–Kier alpha value is -0.570. The highest BCUT2D eigenvalue weighted by Crippen LogP contribution is 2.14. The molecule has 0 rings (SSSR count). The van der Waals surface area contributed by atoms with E-state index in [-0.39, 0.29) is 18.5 Å². The molecule has 0 heterocycles. The Kier molecular flexibility index (Phi) is 18.3. The Bertz CT molecular complexity index is 266. The summed E-state index contributed by atoms with van der Waals surface area (Å²) in [5.74, 6) is -0.515. The molecule has 0 aromatic carbocycles. The molecule has 0 aliphatic rings. The van der Waals surface area contributed by atoms with Gasteiger partial charge in [-0.25, -0.2) is 0 Å². The summed E-state index contributed by atoms with van der Waals surface area (Å²) in [5.41, 5.74) is 0. The molecule has 0 spiro atoms. The number of aliphatic hydroxyl groups is 1. The molecule has 0 bridgehead atoms. The van der Waals surface area contributed by atoms with Gasteiger partial charge in [-0.15, -0.1) is 0 Å². The van der Waals surface area contributed by atoms with Crippen LogP contribution >= 0.6 is 0 Å². The highest BCUT2D eigenvalue weighted by atomic mass is 16.5. The minimum Gasteiger partial charge on any atom is -0.465 e. The van der Waals surface area contributed by atoms with E-state index >= 15 is 0 Å². The summed E-state index contributed by atoms with van der Waals surface area (Å²) in [7, 11) is 0. The molecule has 3 nitrogen and oxygen atoms in total. The molecule has 0 aromatic rings. The molecule has 0 fully saturated rings. The highest BCUT2D eigenvalue weighted by Gasteiger charge is 2.18. The average Bonchev–Trinajstić information content (AvgIpc) is 2.59. The van der Waals surface area contributed by atoms with Crippen LogP contribution in [-0.2, 0) is 9.53 Å². The lowest BCUT2D eigenvalue weighted by molar-refractivity contribution is -0.150. The molecule has 3 heteroatoms. The molecule has 0 radical (unpaired) electrons. The summed E-state index contributed by atoms with van der Waals surface area (Å²) < 4.78 is 5.34. The van der Waals surface area contributed by atoms with Gasteiger partial charge in [0.1, 0.15) is 0 Å².